The van der Waals surface area contributed by atoms with E-state index in [4.69, 9.17) is 20.0 Å². The lowest BCUT2D eigenvalue weighted by Crippen LogP contribution is -1.98. The summed E-state index contributed by atoms with van der Waals surface area (Å²) in [6.45, 7) is 2.68. The zero-order valence-electron chi connectivity index (χ0n) is 9.55. The molecule has 0 rings (SSSR count). The van der Waals surface area contributed by atoms with Crippen LogP contribution in [0.2, 0.25) is 0 Å². The quantitative estimate of drug-likeness (QED) is 0.486. The molecule has 0 spiro atoms. The molecule has 0 saturated carbocycles. The van der Waals surface area contributed by atoms with E-state index < -0.39 is 15.6 Å². The van der Waals surface area contributed by atoms with Crippen molar-refractivity contribution >= 4 is 15.6 Å². The highest BCUT2D eigenvalue weighted by atomic mass is 31.3. The highest BCUT2D eigenvalue weighted by molar-refractivity contribution is 7.61. The third kappa shape index (κ3) is 14.1. The summed E-state index contributed by atoms with van der Waals surface area (Å²) >= 11 is 0. The van der Waals surface area contributed by atoms with E-state index >= 15 is 0 Å². The van der Waals surface area contributed by atoms with Crippen molar-refractivity contribution in [3.63, 3.8) is 0 Å². The van der Waals surface area contributed by atoms with Gasteiger partial charge in [0.05, 0.1) is 26.4 Å². The Bertz CT molecular complexity index is 250. The average molecular weight is 296 g/mol. The first-order chi connectivity index (χ1) is 7.74. The first-order valence-electron chi connectivity index (χ1n) is 4.62. The van der Waals surface area contributed by atoms with Crippen LogP contribution in [0.3, 0.4) is 0 Å². The summed E-state index contributed by atoms with van der Waals surface area (Å²) in [5.74, 6) is 0. The van der Waals surface area contributed by atoms with Crippen LogP contribution in [0.25, 0.3) is 0 Å². The molecule has 0 unspecified atom stereocenters. The summed E-state index contributed by atoms with van der Waals surface area (Å²) in [5.41, 5.74) is 0. The van der Waals surface area contributed by atoms with Crippen molar-refractivity contribution in [3.8, 4) is 0 Å². The molecular formula is C6H18O9P2. The normalized spacial score (nSPS) is 11.9. The Morgan fingerprint density at radius 3 is 1.47 bits per heavy atom. The SMILES string of the molecule is CCOP(=O)(OCC)OP(=O)(O)O.OCCO. The lowest BCUT2D eigenvalue weighted by molar-refractivity contribution is 0.149. The Kier molecular flexibility index (Phi) is 11.6. The zero-order valence-corrected chi connectivity index (χ0v) is 11.3. The van der Waals surface area contributed by atoms with Crippen LogP contribution < -0.4 is 0 Å². The fourth-order valence-corrected chi connectivity index (χ4v) is 2.66. The third-order valence-electron chi connectivity index (χ3n) is 0.881. The molecule has 4 N–H and O–H groups in total. The molecule has 0 aliphatic heterocycles. The van der Waals surface area contributed by atoms with Crippen molar-refractivity contribution < 1.29 is 42.5 Å². The van der Waals surface area contributed by atoms with Gasteiger partial charge in [-0.1, -0.05) is 0 Å². The second-order valence-electron chi connectivity index (χ2n) is 2.30. The molecule has 0 saturated heterocycles. The molecule has 0 aromatic carbocycles. The first kappa shape index (κ1) is 19.5. The fraction of sp³-hybridized carbons (Fsp3) is 1.00. The van der Waals surface area contributed by atoms with Crippen molar-refractivity contribution in [1.82, 2.24) is 0 Å². The fourth-order valence-electron chi connectivity index (χ4n) is 0.531. The van der Waals surface area contributed by atoms with Gasteiger partial charge in [-0.3, -0.25) is 9.05 Å². The number of rotatable bonds is 7. The molecule has 9 nitrogen and oxygen atoms in total. The van der Waals surface area contributed by atoms with Crippen molar-refractivity contribution in [1.29, 1.82) is 0 Å². The van der Waals surface area contributed by atoms with Gasteiger partial charge >= 0.3 is 15.6 Å². The van der Waals surface area contributed by atoms with Crippen LogP contribution in [0.15, 0.2) is 0 Å². The van der Waals surface area contributed by atoms with E-state index in [2.05, 4.69) is 13.4 Å². The van der Waals surface area contributed by atoms with Gasteiger partial charge in [-0.15, -0.1) is 0 Å². The van der Waals surface area contributed by atoms with Crippen LogP contribution in [0.1, 0.15) is 13.8 Å². The Morgan fingerprint density at radius 2 is 1.29 bits per heavy atom. The predicted octanol–water partition coefficient (Wildman–Crippen LogP) is 0.248. The van der Waals surface area contributed by atoms with Crippen LogP contribution in [-0.2, 0) is 22.5 Å². The van der Waals surface area contributed by atoms with E-state index in [-0.39, 0.29) is 26.4 Å². The Balaban J connectivity index is 0. The van der Waals surface area contributed by atoms with E-state index in [1.807, 2.05) is 0 Å². The molecule has 0 aromatic heterocycles. The summed E-state index contributed by atoms with van der Waals surface area (Å²) in [6.07, 6.45) is 0. The minimum atomic E-state index is -4.86. The van der Waals surface area contributed by atoms with Gasteiger partial charge in [-0.05, 0) is 13.8 Å². The largest absolute Gasteiger partial charge is 0.483 e. The molecule has 17 heavy (non-hydrogen) atoms. The van der Waals surface area contributed by atoms with Crippen LogP contribution in [0.4, 0.5) is 0 Å². The van der Waals surface area contributed by atoms with Crippen LogP contribution >= 0.6 is 15.6 Å². The molecular weight excluding hydrogens is 278 g/mol. The van der Waals surface area contributed by atoms with Gasteiger partial charge in [0.2, 0.25) is 0 Å². The summed E-state index contributed by atoms with van der Waals surface area (Å²) in [6, 6.07) is 0. The molecule has 0 aliphatic carbocycles. The lowest BCUT2D eigenvalue weighted by atomic mass is 10.8. The van der Waals surface area contributed by atoms with E-state index in [9.17, 15) is 9.13 Å². The van der Waals surface area contributed by atoms with Gasteiger partial charge in [-0.25, -0.2) is 9.13 Å². The highest BCUT2D eigenvalue weighted by Gasteiger charge is 2.34. The summed E-state index contributed by atoms with van der Waals surface area (Å²) in [4.78, 5) is 16.7. The molecule has 0 bridgehead atoms. The molecule has 0 amide bonds. The Labute approximate surface area is 99.2 Å². The molecule has 0 heterocycles. The van der Waals surface area contributed by atoms with Gasteiger partial charge in [0, 0.05) is 0 Å². The summed E-state index contributed by atoms with van der Waals surface area (Å²) < 4.78 is 34.4. The Morgan fingerprint density at radius 1 is 0.941 bits per heavy atom. The van der Waals surface area contributed by atoms with Gasteiger partial charge in [0.15, 0.2) is 0 Å². The zero-order chi connectivity index (χ0) is 13.9. The number of hydrogen-bond donors (Lipinski definition) is 4. The van der Waals surface area contributed by atoms with Crippen molar-refractivity contribution in [2.24, 2.45) is 0 Å². The molecule has 0 atom stereocenters. The van der Waals surface area contributed by atoms with Gasteiger partial charge in [0.25, 0.3) is 0 Å². The summed E-state index contributed by atoms with van der Waals surface area (Å²) in [5, 5.41) is 15.2. The van der Waals surface area contributed by atoms with Crippen LogP contribution in [0.5, 0.6) is 0 Å². The number of aliphatic hydroxyl groups excluding tert-OH is 2. The van der Waals surface area contributed by atoms with Crippen molar-refractivity contribution in [3.05, 3.63) is 0 Å². The second-order valence-corrected chi connectivity index (χ2v) is 5.35. The standard InChI is InChI=1S/C4H12O7P2.C2H6O2/c1-3-9-13(8,10-4-2)11-12(5,6)7;3-1-2-4/h3-4H2,1-2H3,(H2,5,6,7);3-4H,1-2H2. The molecule has 106 valence electrons. The average Bonchev–Trinajstić information content (AvgIpc) is 2.15. The van der Waals surface area contributed by atoms with Crippen LogP contribution in [0, 0.1) is 0 Å². The number of aliphatic hydroxyl groups is 2. The highest BCUT2D eigenvalue weighted by Crippen LogP contribution is 2.60. The van der Waals surface area contributed by atoms with E-state index in [1.165, 1.54) is 13.8 Å². The minimum absolute atomic E-state index is 0.0305. The number of phosphoric acid groups is 2. The topological polar surface area (TPSA) is 143 Å². The minimum Gasteiger partial charge on any atom is -0.394 e. The maximum atomic E-state index is 11.3. The van der Waals surface area contributed by atoms with Gasteiger partial charge in [0.1, 0.15) is 0 Å². The van der Waals surface area contributed by atoms with E-state index in [0.717, 1.165) is 0 Å². The lowest BCUT2D eigenvalue weighted by Gasteiger charge is -2.15. The second kappa shape index (κ2) is 10.1. The van der Waals surface area contributed by atoms with Crippen molar-refractivity contribution in [2.45, 2.75) is 13.8 Å². The monoisotopic (exact) mass is 296 g/mol. The molecule has 11 heteroatoms. The number of phosphoric ester groups is 1. The summed E-state index contributed by atoms with van der Waals surface area (Å²) in [7, 11) is -8.96. The number of hydrogen-bond acceptors (Lipinski definition) is 7. The molecule has 0 aromatic rings. The van der Waals surface area contributed by atoms with Crippen LogP contribution in [-0.4, -0.2) is 46.4 Å². The third-order valence-corrected chi connectivity index (χ3v) is 3.68. The Hall–Kier alpha value is 0.180. The first-order valence-corrected chi connectivity index (χ1v) is 7.61. The van der Waals surface area contributed by atoms with E-state index in [0.29, 0.717) is 0 Å². The van der Waals surface area contributed by atoms with Gasteiger partial charge < -0.3 is 20.0 Å². The maximum absolute atomic E-state index is 11.3. The van der Waals surface area contributed by atoms with Crippen molar-refractivity contribution in [2.75, 3.05) is 26.4 Å². The smallest absolute Gasteiger partial charge is 0.394 e. The molecule has 0 radical (unpaired) electrons. The predicted molar refractivity (Wildman–Crippen MR) is 58.2 cm³/mol. The molecule has 0 fully saturated rings. The van der Waals surface area contributed by atoms with E-state index in [1.54, 1.807) is 0 Å². The maximum Gasteiger partial charge on any atom is 0.483 e. The molecule has 0 aliphatic rings. The van der Waals surface area contributed by atoms with Gasteiger partial charge in [-0.2, -0.15) is 4.31 Å².